The zero-order valence-electron chi connectivity index (χ0n) is 15.5. The minimum absolute atomic E-state index is 0.00616. The van der Waals surface area contributed by atoms with Crippen LogP contribution in [0.3, 0.4) is 0 Å². The number of nitrogens with zero attached hydrogens (tertiary/aromatic N) is 1. The van der Waals surface area contributed by atoms with Gasteiger partial charge in [0.05, 0.1) is 7.11 Å². The lowest BCUT2D eigenvalue weighted by Gasteiger charge is -2.19. The monoisotopic (exact) mass is 377 g/mol. The van der Waals surface area contributed by atoms with Crippen LogP contribution in [0.15, 0.2) is 57.6 Å². The lowest BCUT2D eigenvalue weighted by molar-refractivity contribution is -0.113. The van der Waals surface area contributed by atoms with E-state index in [9.17, 15) is 13.2 Å². The molecule has 0 radical (unpaired) electrons. The van der Waals surface area contributed by atoms with Crippen LogP contribution in [0.5, 0.6) is 5.75 Å². The van der Waals surface area contributed by atoms with E-state index in [-0.39, 0.29) is 22.5 Å². The molecule has 0 aromatic heterocycles. The molecule has 0 fully saturated rings. The Kier molecular flexibility index (Phi) is 6.02. The number of allylic oxidation sites excluding steroid dienone is 4. The topological polar surface area (TPSA) is 82.0 Å². The zero-order chi connectivity index (χ0) is 19.5. The van der Waals surface area contributed by atoms with E-state index in [0.717, 1.165) is 0 Å². The molecule has 26 heavy (non-hydrogen) atoms. The SMILES string of the molecule is COc1ccc(S(=O)(=O)ON=C2C=C(C(C)C)C(=O)C(C(C)C)=C2)cc1. The molecule has 0 amide bonds. The lowest BCUT2D eigenvalue weighted by Crippen LogP contribution is -2.21. The van der Waals surface area contributed by atoms with Crippen molar-refractivity contribution in [1.82, 2.24) is 0 Å². The Morgan fingerprint density at radius 3 is 1.85 bits per heavy atom. The Bertz CT molecular complexity index is 845. The standard InChI is InChI=1S/C19H23NO5S/c1-12(2)17-10-14(11-18(13(3)4)19(17)21)20-25-26(22,23)16-8-6-15(24-5)7-9-16/h6-13H,1-5H3. The number of ether oxygens (including phenoxy) is 1. The maximum atomic E-state index is 12.5. The summed E-state index contributed by atoms with van der Waals surface area (Å²) in [6.07, 6.45) is 3.14. The van der Waals surface area contributed by atoms with Gasteiger partial charge < -0.3 is 4.74 Å². The number of carbonyl (C=O) groups excluding carboxylic acids is 1. The molecule has 0 N–H and O–H groups in total. The van der Waals surface area contributed by atoms with Gasteiger partial charge in [-0.15, -0.1) is 0 Å². The first-order valence-corrected chi connectivity index (χ1v) is 9.70. The van der Waals surface area contributed by atoms with Gasteiger partial charge in [-0.25, -0.2) is 0 Å². The number of ketones is 1. The van der Waals surface area contributed by atoms with E-state index < -0.39 is 10.1 Å². The van der Waals surface area contributed by atoms with Gasteiger partial charge in [-0.2, -0.15) is 8.42 Å². The maximum Gasteiger partial charge on any atom is 0.358 e. The van der Waals surface area contributed by atoms with Gasteiger partial charge in [0.1, 0.15) is 16.4 Å². The highest BCUT2D eigenvalue weighted by molar-refractivity contribution is 7.86. The van der Waals surface area contributed by atoms with Gasteiger partial charge in [0.25, 0.3) is 0 Å². The second kappa shape index (κ2) is 7.86. The number of benzene rings is 1. The van der Waals surface area contributed by atoms with E-state index in [0.29, 0.717) is 22.6 Å². The average molecular weight is 377 g/mol. The predicted octanol–water partition coefficient (Wildman–Crippen LogP) is 3.50. The number of carbonyl (C=O) groups is 1. The Hall–Kier alpha value is -2.41. The summed E-state index contributed by atoms with van der Waals surface area (Å²) in [6.45, 7) is 7.61. The summed E-state index contributed by atoms with van der Waals surface area (Å²) in [5, 5.41) is 3.77. The number of oxime groups is 1. The van der Waals surface area contributed by atoms with Gasteiger partial charge in [-0.1, -0.05) is 32.9 Å². The summed E-state index contributed by atoms with van der Waals surface area (Å²) in [5.74, 6) is 0.490. The van der Waals surface area contributed by atoms with Crippen LogP contribution in [0.2, 0.25) is 0 Å². The summed E-state index contributed by atoms with van der Waals surface area (Å²) >= 11 is 0. The average Bonchev–Trinajstić information content (AvgIpc) is 2.60. The Labute approximate surface area is 154 Å². The van der Waals surface area contributed by atoms with Crippen molar-refractivity contribution in [2.75, 3.05) is 7.11 Å². The third-order valence-electron chi connectivity index (χ3n) is 3.96. The van der Waals surface area contributed by atoms with Crippen molar-refractivity contribution in [2.45, 2.75) is 32.6 Å². The number of Topliss-reactive ketones (excluding diaryl/α,β-unsaturated/α-hetero) is 1. The minimum atomic E-state index is -4.06. The normalized spacial score (nSPS) is 15.0. The highest BCUT2D eigenvalue weighted by Crippen LogP contribution is 2.25. The number of rotatable bonds is 6. The van der Waals surface area contributed by atoms with Crippen LogP contribution in [0.25, 0.3) is 0 Å². The molecule has 0 atom stereocenters. The van der Waals surface area contributed by atoms with Crippen LogP contribution in [-0.4, -0.2) is 27.0 Å². The van der Waals surface area contributed by atoms with Gasteiger partial charge in [0.15, 0.2) is 5.78 Å². The molecule has 0 saturated heterocycles. The van der Waals surface area contributed by atoms with E-state index in [1.165, 1.54) is 31.4 Å². The van der Waals surface area contributed by atoms with Gasteiger partial charge in [0, 0.05) is 11.1 Å². The van der Waals surface area contributed by atoms with E-state index in [1.807, 2.05) is 27.7 Å². The van der Waals surface area contributed by atoms with Gasteiger partial charge >= 0.3 is 10.1 Å². The van der Waals surface area contributed by atoms with Crippen LogP contribution in [0.4, 0.5) is 0 Å². The molecule has 1 aliphatic rings. The van der Waals surface area contributed by atoms with Crippen molar-refractivity contribution in [2.24, 2.45) is 17.0 Å². The van der Waals surface area contributed by atoms with E-state index in [4.69, 9.17) is 9.02 Å². The van der Waals surface area contributed by atoms with Gasteiger partial charge in [-0.3, -0.25) is 9.08 Å². The van der Waals surface area contributed by atoms with Crippen LogP contribution >= 0.6 is 0 Å². The summed E-state index contributed by atoms with van der Waals surface area (Å²) < 4.78 is 34.4. The summed E-state index contributed by atoms with van der Waals surface area (Å²) in [6, 6.07) is 5.81. The molecule has 0 spiro atoms. The van der Waals surface area contributed by atoms with Crippen LogP contribution in [-0.2, 0) is 19.2 Å². The molecule has 1 aromatic rings. The first-order chi connectivity index (χ1) is 12.2. The second-order valence-corrected chi connectivity index (χ2v) is 8.09. The highest BCUT2D eigenvalue weighted by atomic mass is 32.2. The quantitative estimate of drug-likeness (QED) is 0.560. The smallest absolute Gasteiger partial charge is 0.358 e. The van der Waals surface area contributed by atoms with Crippen molar-refractivity contribution in [3.8, 4) is 5.75 Å². The predicted molar refractivity (Wildman–Crippen MR) is 99.5 cm³/mol. The van der Waals surface area contributed by atoms with Crippen molar-refractivity contribution in [3.05, 3.63) is 47.6 Å². The molecular formula is C19H23NO5S. The molecule has 1 aromatic carbocycles. The molecule has 0 saturated carbocycles. The molecule has 0 aliphatic heterocycles. The molecule has 0 heterocycles. The van der Waals surface area contributed by atoms with Crippen LogP contribution in [0.1, 0.15) is 27.7 Å². The molecule has 140 valence electrons. The van der Waals surface area contributed by atoms with E-state index in [1.54, 1.807) is 12.2 Å². The summed E-state index contributed by atoms with van der Waals surface area (Å²) in [5.41, 5.74) is 1.47. The summed E-state index contributed by atoms with van der Waals surface area (Å²) in [7, 11) is -2.57. The second-order valence-electron chi connectivity index (χ2n) is 6.56. The number of hydrogen-bond donors (Lipinski definition) is 0. The van der Waals surface area contributed by atoms with E-state index in [2.05, 4.69) is 5.16 Å². The van der Waals surface area contributed by atoms with Gasteiger partial charge in [-0.05, 0) is 48.3 Å². The first-order valence-electron chi connectivity index (χ1n) is 8.29. The molecule has 0 unspecified atom stereocenters. The largest absolute Gasteiger partial charge is 0.497 e. The molecule has 6 nitrogen and oxygen atoms in total. The number of methoxy groups -OCH3 is 1. The molecular weight excluding hydrogens is 354 g/mol. The minimum Gasteiger partial charge on any atom is -0.497 e. The van der Waals surface area contributed by atoms with Gasteiger partial charge in [0.2, 0.25) is 0 Å². The first kappa shape index (κ1) is 19.9. The van der Waals surface area contributed by atoms with Crippen molar-refractivity contribution in [3.63, 3.8) is 0 Å². The Balaban J connectivity index is 2.33. The maximum absolute atomic E-state index is 12.5. The fourth-order valence-electron chi connectivity index (χ4n) is 2.45. The molecule has 7 heteroatoms. The molecule has 0 bridgehead atoms. The molecule has 1 aliphatic carbocycles. The van der Waals surface area contributed by atoms with Crippen molar-refractivity contribution >= 4 is 21.6 Å². The van der Waals surface area contributed by atoms with Crippen LogP contribution < -0.4 is 4.74 Å². The third-order valence-corrected chi connectivity index (χ3v) is 5.08. The fourth-order valence-corrected chi connectivity index (χ4v) is 3.19. The fraction of sp³-hybridized carbons (Fsp3) is 0.368. The Morgan fingerprint density at radius 1 is 0.923 bits per heavy atom. The van der Waals surface area contributed by atoms with Crippen molar-refractivity contribution < 1.29 is 22.2 Å². The van der Waals surface area contributed by atoms with Crippen LogP contribution in [0, 0.1) is 11.8 Å². The lowest BCUT2D eigenvalue weighted by atomic mass is 9.84. The zero-order valence-corrected chi connectivity index (χ0v) is 16.3. The molecule has 2 rings (SSSR count). The van der Waals surface area contributed by atoms with Crippen molar-refractivity contribution in [1.29, 1.82) is 0 Å². The van der Waals surface area contributed by atoms with E-state index >= 15 is 0 Å². The third kappa shape index (κ3) is 4.40. The summed E-state index contributed by atoms with van der Waals surface area (Å²) in [4.78, 5) is 12.4. The Morgan fingerprint density at radius 2 is 1.42 bits per heavy atom. The highest BCUT2D eigenvalue weighted by Gasteiger charge is 2.25. The number of hydrogen-bond acceptors (Lipinski definition) is 6.